The van der Waals surface area contributed by atoms with Crippen LogP contribution < -0.4 is 5.32 Å². The van der Waals surface area contributed by atoms with Gasteiger partial charge in [-0.15, -0.1) is 6.58 Å². The van der Waals surface area contributed by atoms with E-state index in [2.05, 4.69) is 27.8 Å². The fraction of sp³-hybridized carbons (Fsp3) is 0.333. The molecule has 0 fully saturated rings. The van der Waals surface area contributed by atoms with Gasteiger partial charge in [0, 0.05) is 11.6 Å². The Morgan fingerprint density at radius 2 is 2.33 bits per heavy atom. The Bertz CT molecular complexity index is 338. The highest BCUT2D eigenvalue weighted by atomic mass is 79.9. The van der Waals surface area contributed by atoms with Crippen LogP contribution in [0, 0.1) is 5.82 Å². The van der Waals surface area contributed by atoms with Gasteiger partial charge >= 0.3 is 0 Å². The van der Waals surface area contributed by atoms with Gasteiger partial charge in [-0.2, -0.15) is 0 Å². The van der Waals surface area contributed by atoms with Crippen molar-refractivity contribution in [3.8, 4) is 0 Å². The predicted octanol–water partition coefficient (Wildman–Crippen LogP) is 3.81. The molecule has 0 spiro atoms. The molecule has 3 heteroatoms. The van der Waals surface area contributed by atoms with E-state index in [1.807, 2.05) is 13.0 Å². The maximum atomic E-state index is 13.8. The van der Waals surface area contributed by atoms with Gasteiger partial charge < -0.3 is 5.32 Å². The summed E-state index contributed by atoms with van der Waals surface area (Å²) in [6, 6.07) is 5.35. The lowest BCUT2D eigenvalue weighted by molar-refractivity contribution is 0.513. The molecule has 0 aliphatic rings. The number of hydrogen-bond acceptors (Lipinski definition) is 1. The van der Waals surface area contributed by atoms with E-state index < -0.39 is 0 Å². The summed E-state index contributed by atoms with van der Waals surface area (Å²) in [5.74, 6) is -0.190. The number of hydrogen-bond donors (Lipinski definition) is 1. The molecular weight excluding hydrogens is 257 g/mol. The van der Waals surface area contributed by atoms with Gasteiger partial charge in [0.2, 0.25) is 0 Å². The van der Waals surface area contributed by atoms with Crippen LogP contribution in [0.4, 0.5) is 4.39 Å². The van der Waals surface area contributed by atoms with E-state index >= 15 is 0 Å². The summed E-state index contributed by atoms with van der Waals surface area (Å²) in [6.45, 7) is 6.50. The number of halogens is 2. The topological polar surface area (TPSA) is 12.0 Å². The van der Waals surface area contributed by atoms with Crippen molar-refractivity contribution in [1.29, 1.82) is 0 Å². The number of benzene rings is 1. The zero-order chi connectivity index (χ0) is 11.3. The molecule has 1 nitrogen and oxygen atoms in total. The lowest BCUT2D eigenvalue weighted by Crippen LogP contribution is -2.21. The van der Waals surface area contributed by atoms with Crippen molar-refractivity contribution in [3.05, 3.63) is 46.7 Å². The van der Waals surface area contributed by atoms with Gasteiger partial charge in [0.25, 0.3) is 0 Å². The molecule has 0 aliphatic carbocycles. The molecule has 0 saturated heterocycles. The van der Waals surface area contributed by atoms with E-state index in [0.29, 0.717) is 10.0 Å². The Labute approximate surface area is 98.5 Å². The van der Waals surface area contributed by atoms with E-state index in [0.717, 1.165) is 13.0 Å². The van der Waals surface area contributed by atoms with Crippen molar-refractivity contribution in [3.63, 3.8) is 0 Å². The normalized spacial score (nSPS) is 12.5. The zero-order valence-corrected chi connectivity index (χ0v) is 10.3. The van der Waals surface area contributed by atoms with Gasteiger partial charge in [-0.25, -0.2) is 4.39 Å². The Balaban J connectivity index is 2.99. The molecule has 1 aromatic carbocycles. The molecule has 15 heavy (non-hydrogen) atoms. The summed E-state index contributed by atoms with van der Waals surface area (Å²) >= 11 is 3.19. The zero-order valence-electron chi connectivity index (χ0n) is 8.76. The highest BCUT2D eigenvalue weighted by Crippen LogP contribution is 2.25. The second-order valence-corrected chi connectivity index (χ2v) is 4.13. The second kappa shape index (κ2) is 6.03. The monoisotopic (exact) mass is 271 g/mol. The first kappa shape index (κ1) is 12.4. The highest BCUT2D eigenvalue weighted by Gasteiger charge is 2.14. The van der Waals surface area contributed by atoms with Gasteiger partial charge in [0.15, 0.2) is 0 Å². The first-order valence-corrected chi connectivity index (χ1v) is 5.78. The molecule has 1 atom stereocenters. The largest absolute Gasteiger partial charge is 0.310 e. The molecule has 0 aliphatic heterocycles. The van der Waals surface area contributed by atoms with E-state index in [-0.39, 0.29) is 11.9 Å². The maximum absolute atomic E-state index is 13.8. The molecule has 1 aromatic rings. The summed E-state index contributed by atoms with van der Waals surface area (Å²) in [5.41, 5.74) is 0.686. The van der Waals surface area contributed by atoms with Crippen LogP contribution in [0.25, 0.3) is 0 Å². The fourth-order valence-corrected chi connectivity index (χ4v) is 1.90. The number of nitrogens with one attached hydrogen (secondary N) is 1. The van der Waals surface area contributed by atoms with Crippen LogP contribution in [-0.4, -0.2) is 6.54 Å². The van der Waals surface area contributed by atoms with Gasteiger partial charge in [-0.3, -0.25) is 0 Å². The summed E-state index contributed by atoms with van der Waals surface area (Å²) in [4.78, 5) is 0. The average molecular weight is 272 g/mol. The standard InChI is InChI=1S/C12H15BrFN/c1-3-6-11(15-4-2)9-7-5-8-10(13)12(9)14/h3,5,7-8,11,15H,1,4,6H2,2H3. The third kappa shape index (κ3) is 3.14. The molecule has 1 rings (SSSR count). The smallest absolute Gasteiger partial charge is 0.142 e. The number of rotatable bonds is 5. The fourth-order valence-electron chi connectivity index (χ4n) is 1.52. The van der Waals surface area contributed by atoms with Crippen molar-refractivity contribution in [1.82, 2.24) is 5.32 Å². The van der Waals surface area contributed by atoms with Crippen molar-refractivity contribution >= 4 is 15.9 Å². The Morgan fingerprint density at radius 1 is 1.60 bits per heavy atom. The summed E-state index contributed by atoms with van der Waals surface area (Å²) in [6.07, 6.45) is 2.52. The van der Waals surface area contributed by atoms with Crippen LogP contribution in [0.5, 0.6) is 0 Å². The Hall–Kier alpha value is -0.670. The van der Waals surface area contributed by atoms with Crippen LogP contribution in [0.1, 0.15) is 24.9 Å². The van der Waals surface area contributed by atoms with Gasteiger partial charge in [0.05, 0.1) is 4.47 Å². The predicted molar refractivity (Wildman–Crippen MR) is 65.3 cm³/mol. The van der Waals surface area contributed by atoms with Crippen molar-refractivity contribution < 1.29 is 4.39 Å². The second-order valence-electron chi connectivity index (χ2n) is 3.28. The first-order valence-electron chi connectivity index (χ1n) is 4.98. The van der Waals surface area contributed by atoms with Crippen molar-refractivity contribution in [2.24, 2.45) is 0 Å². The molecule has 1 unspecified atom stereocenters. The minimum absolute atomic E-state index is 0.00463. The summed E-state index contributed by atoms with van der Waals surface area (Å²) in [5, 5.41) is 3.24. The molecule has 0 saturated carbocycles. The minimum atomic E-state index is -0.190. The van der Waals surface area contributed by atoms with Gasteiger partial charge in [-0.1, -0.05) is 25.1 Å². The molecule has 0 heterocycles. The summed E-state index contributed by atoms with van der Waals surface area (Å²) < 4.78 is 14.3. The van der Waals surface area contributed by atoms with Crippen LogP contribution in [0.3, 0.4) is 0 Å². The molecule has 82 valence electrons. The van der Waals surface area contributed by atoms with Crippen molar-refractivity contribution in [2.75, 3.05) is 6.54 Å². The quantitative estimate of drug-likeness (QED) is 0.803. The van der Waals surface area contributed by atoms with E-state index in [1.54, 1.807) is 18.2 Å². The maximum Gasteiger partial charge on any atom is 0.142 e. The average Bonchev–Trinajstić information content (AvgIpc) is 2.22. The third-order valence-corrected chi connectivity index (χ3v) is 2.82. The molecule has 0 radical (unpaired) electrons. The Kier molecular flexibility index (Phi) is 4.99. The van der Waals surface area contributed by atoms with Crippen LogP contribution in [0.2, 0.25) is 0 Å². The van der Waals surface area contributed by atoms with E-state index in [9.17, 15) is 4.39 Å². The minimum Gasteiger partial charge on any atom is -0.310 e. The Morgan fingerprint density at radius 3 is 2.93 bits per heavy atom. The van der Waals surface area contributed by atoms with E-state index in [4.69, 9.17) is 0 Å². The van der Waals surface area contributed by atoms with Crippen LogP contribution >= 0.6 is 15.9 Å². The molecule has 1 N–H and O–H groups in total. The molecular formula is C12H15BrFN. The van der Waals surface area contributed by atoms with Crippen LogP contribution in [0.15, 0.2) is 35.3 Å². The van der Waals surface area contributed by atoms with Gasteiger partial charge in [0.1, 0.15) is 5.82 Å². The molecule has 0 amide bonds. The lowest BCUT2D eigenvalue weighted by Gasteiger charge is -2.17. The lowest BCUT2D eigenvalue weighted by atomic mass is 10.0. The first-order chi connectivity index (χ1) is 7.20. The van der Waals surface area contributed by atoms with Gasteiger partial charge in [-0.05, 0) is 35.0 Å². The molecule has 0 bridgehead atoms. The third-order valence-electron chi connectivity index (χ3n) is 2.21. The molecule has 0 aromatic heterocycles. The van der Waals surface area contributed by atoms with Crippen molar-refractivity contribution in [2.45, 2.75) is 19.4 Å². The SMILES string of the molecule is C=CCC(NCC)c1cccc(Br)c1F. The van der Waals surface area contributed by atoms with Crippen LogP contribution in [-0.2, 0) is 0 Å². The van der Waals surface area contributed by atoms with E-state index in [1.165, 1.54) is 0 Å². The summed E-state index contributed by atoms with van der Waals surface area (Å²) in [7, 11) is 0. The highest BCUT2D eigenvalue weighted by molar-refractivity contribution is 9.10.